The number of carbonyl (C=O) groups excluding carboxylic acids is 1. The average Bonchev–Trinajstić information content (AvgIpc) is 3.21. The molecular weight excluding hydrogens is 449 g/mol. The van der Waals surface area contributed by atoms with Crippen LogP contribution in [0.2, 0.25) is 0 Å². The monoisotopic (exact) mass is 485 g/mol. The van der Waals surface area contributed by atoms with Crippen LogP contribution in [0, 0.1) is 5.82 Å². The Bertz CT molecular complexity index is 1060. The van der Waals surface area contributed by atoms with Crippen molar-refractivity contribution < 1.29 is 27.8 Å². The number of ether oxygens (including phenoxy) is 3. The van der Waals surface area contributed by atoms with E-state index >= 15 is 0 Å². The van der Waals surface area contributed by atoms with E-state index < -0.39 is 5.60 Å². The normalized spacial score (nSPS) is 11.8. The van der Waals surface area contributed by atoms with Gasteiger partial charge in [0, 0.05) is 24.9 Å². The van der Waals surface area contributed by atoms with E-state index in [4.69, 9.17) is 18.6 Å². The van der Waals surface area contributed by atoms with Crippen molar-refractivity contribution in [3.05, 3.63) is 71.2 Å². The van der Waals surface area contributed by atoms with Crippen LogP contribution < -0.4 is 5.32 Å². The third-order valence-corrected chi connectivity index (χ3v) is 5.20. The zero-order valence-corrected chi connectivity index (χ0v) is 20.9. The number of fused-ring (bicyclic) bond motifs is 1. The van der Waals surface area contributed by atoms with Gasteiger partial charge in [-0.2, -0.15) is 0 Å². The van der Waals surface area contributed by atoms with Gasteiger partial charge in [0.1, 0.15) is 22.8 Å². The quantitative estimate of drug-likeness (QED) is 0.250. The van der Waals surface area contributed by atoms with E-state index in [0.29, 0.717) is 26.4 Å². The molecule has 0 aliphatic carbocycles. The Morgan fingerprint density at radius 1 is 0.914 bits per heavy atom. The number of aryl methyl sites for hydroxylation is 2. The molecule has 0 unspecified atom stereocenters. The van der Waals surface area contributed by atoms with Gasteiger partial charge in [0.15, 0.2) is 0 Å². The van der Waals surface area contributed by atoms with E-state index in [-0.39, 0.29) is 18.2 Å². The molecule has 1 heterocycles. The minimum atomic E-state index is -0.466. The van der Waals surface area contributed by atoms with Crippen molar-refractivity contribution in [1.29, 1.82) is 0 Å². The fourth-order valence-corrected chi connectivity index (χ4v) is 3.53. The standard InChI is InChI=1S/C28H36FNO5/c1-28(2,3)35-27(31)12-14-32-16-17-33-15-13-30-20-22-4-8-23-19-25(34-26(23)18-22)11-7-21-5-9-24(29)10-6-21/h4-6,8-10,18-19,30H,7,11-17,20H2,1-3H3. The van der Waals surface area contributed by atoms with E-state index in [2.05, 4.69) is 29.6 Å². The molecule has 1 aromatic heterocycles. The molecule has 6 nitrogen and oxygen atoms in total. The lowest BCUT2D eigenvalue weighted by Crippen LogP contribution is -2.24. The molecule has 0 bridgehead atoms. The first-order chi connectivity index (χ1) is 16.8. The fraction of sp³-hybridized carbons (Fsp3) is 0.464. The first-order valence-corrected chi connectivity index (χ1v) is 12.1. The maximum absolute atomic E-state index is 13.0. The summed E-state index contributed by atoms with van der Waals surface area (Å²) < 4.78 is 35.3. The summed E-state index contributed by atoms with van der Waals surface area (Å²) in [5.74, 6) is 0.457. The van der Waals surface area contributed by atoms with Gasteiger partial charge in [0.2, 0.25) is 0 Å². The van der Waals surface area contributed by atoms with Gasteiger partial charge < -0.3 is 23.9 Å². The first-order valence-electron chi connectivity index (χ1n) is 12.1. The lowest BCUT2D eigenvalue weighted by molar-refractivity contribution is -0.156. The van der Waals surface area contributed by atoms with E-state index in [9.17, 15) is 9.18 Å². The number of hydrogen-bond acceptors (Lipinski definition) is 6. The molecule has 3 aromatic rings. The first kappa shape index (κ1) is 26.9. The Kier molecular flexibility index (Phi) is 10.3. The van der Waals surface area contributed by atoms with Crippen molar-refractivity contribution in [2.45, 2.75) is 52.2 Å². The van der Waals surface area contributed by atoms with E-state index in [1.807, 2.05) is 32.9 Å². The molecule has 1 N–H and O–H groups in total. The molecule has 2 aromatic carbocycles. The van der Waals surface area contributed by atoms with Gasteiger partial charge in [-0.25, -0.2) is 4.39 Å². The summed E-state index contributed by atoms with van der Waals surface area (Å²) in [6, 6.07) is 14.9. The van der Waals surface area contributed by atoms with Crippen LogP contribution in [0.15, 0.2) is 52.9 Å². The van der Waals surface area contributed by atoms with Crippen LogP contribution in [0.5, 0.6) is 0 Å². The zero-order valence-electron chi connectivity index (χ0n) is 20.9. The molecule has 35 heavy (non-hydrogen) atoms. The molecule has 0 aliphatic heterocycles. The number of benzene rings is 2. The average molecular weight is 486 g/mol. The van der Waals surface area contributed by atoms with E-state index in [0.717, 1.165) is 53.8 Å². The number of hydrogen-bond donors (Lipinski definition) is 1. The van der Waals surface area contributed by atoms with Crippen LogP contribution in [0.25, 0.3) is 11.0 Å². The zero-order chi connectivity index (χ0) is 25.1. The van der Waals surface area contributed by atoms with Crippen LogP contribution in [0.3, 0.4) is 0 Å². The molecule has 3 rings (SSSR count). The van der Waals surface area contributed by atoms with Gasteiger partial charge in [0.25, 0.3) is 0 Å². The van der Waals surface area contributed by atoms with Crippen LogP contribution >= 0.6 is 0 Å². The van der Waals surface area contributed by atoms with E-state index in [1.165, 1.54) is 12.1 Å². The second kappa shape index (κ2) is 13.4. The molecule has 0 saturated carbocycles. The summed E-state index contributed by atoms with van der Waals surface area (Å²) >= 11 is 0. The lowest BCUT2D eigenvalue weighted by atomic mass is 10.1. The highest BCUT2D eigenvalue weighted by Gasteiger charge is 2.15. The fourth-order valence-electron chi connectivity index (χ4n) is 3.53. The Labute approximate surface area is 206 Å². The van der Waals surface area contributed by atoms with Crippen molar-refractivity contribution >= 4 is 16.9 Å². The summed E-state index contributed by atoms with van der Waals surface area (Å²) in [4.78, 5) is 11.6. The predicted octanol–water partition coefficient (Wildman–Crippen LogP) is 5.21. The Hall–Kier alpha value is -2.74. The molecule has 0 aliphatic rings. The molecule has 0 fully saturated rings. The Balaban J connectivity index is 1.26. The van der Waals surface area contributed by atoms with Crippen molar-refractivity contribution in [3.8, 4) is 0 Å². The SMILES string of the molecule is CC(C)(C)OC(=O)CCOCCOCCNCc1ccc2cc(CCc3ccc(F)cc3)oc2c1. The second-order valence-corrected chi connectivity index (χ2v) is 9.45. The predicted molar refractivity (Wildman–Crippen MR) is 134 cm³/mol. The summed E-state index contributed by atoms with van der Waals surface area (Å²) in [7, 11) is 0. The number of carbonyl (C=O) groups is 1. The number of furan rings is 1. The summed E-state index contributed by atoms with van der Waals surface area (Å²) in [6.45, 7) is 8.81. The molecule has 7 heteroatoms. The Morgan fingerprint density at radius 3 is 2.37 bits per heavy atom. The van der Waals surface area contributed by atoms with Crippen LogP contribution in [-0.4, -0.2) is 44.5 Å². The molecule has 0 amide bonds. The number of esters is 1. The molecular formula is C28H36FNO5. The number of nitrogens with one attached hydrogen (secondary N) is 1. The number of halogens is 1. The van der Waals surface area contributed by atoms with Crippen LogP contribution in [0.4, 0.5) is 4.39 Å². The number of rotatable bonds is 14. The largest absolute Gasteiger partial charge is 0.461 e. The highest BCUT2D eigenvalue weighted by molar-refractivity contribution is 5.78. The molecule has 190 valence electrons. The topological polar surface area (TPSA) is 69.9 Å². The Morgan fingerprint density at radius 2 is 1.63 bits per heavy atom. The van der Waals surface area contributed by atoms with Crippen LogP contribution in [0.1, 0.15) is 44.1 Å². The highest BCUT2D eigenvalue weighted by atomic mass is 19.1. The second-order valence-electron chi connectivity index (χ2n) is 9.45. The van der Waals surface area contributed by atoms with Gasteiger partial charge in [0.05, 0.1) is 32.8 Å². The van der Waals surface area contributed by atoms with Crippen LogP contribution in [-0.2, 0) is 38.4 Å². The van der Waals surface area contributed by atoms with Crippen molar-refractivity contribution in [2.75, 3.05) is 33.0 Å². The van der Waals surface area contributed by atoms with Gasteiger partial charge in [-0.15, -0.1) is 0 Å². The lowest BCUT2D eigenvalue weighted by Gasteiger charge is -2.19. The van der Waals surface area contributed by atoms with Crippen molar-refractivity contribution in [3.63, 3.8) is 0 Å². The minimum Gasteiger partial charge on any atom is -0.461 e. The van der Waals surface area contributed by atoms with Gasteiger partial charge in [-0.3, -0.25) is 4.79 Å². The molecule has 0 saturated heterocycles. The summed E-state index contributed by atoms with van der Waals surface area (Å²) in [6.07, 6.45) is 1.83. The third-order valence-electron chi connectivity index (χ3n) is 5.20. The third kappa shape index (κ3) is 10.2. The summed E-state index contributed by atoms with van der Waals surface area (Å²) in [5, 5.41) is 4.45. The summed E-state index contributed by atoms with van der Waals surface area (Å²) in [5.41, 5.74) is 2.64. The van der Waals surface area contributed by atoms with Crippen molar-refractivity contribution in [1.82, 2.24) is 5.32 Å². The smallest absolute Gasteiger partial charge is 0.308 e. The van der Waals surface area contributed by atoms with Crippen molar-refractivity contribution in [2.24, 2.45) is 0 Å². The molecule has 0 spiro atoms. The maximum Gasteiger partial charge on any atom is 0.308 e. The molecule has 0 radical (unpaired) electrons. The van der Waals surface area contributed by atoms with E-state index in [1.54, 1.807) is 0 Å². The van der Waals surface area contributed by atoms with Gasteiger partial charge in [-0.05, 0) is 62.6 Å². The molecule has 0 atom stereocenters. The maximum atomic E-state index is 13.0. The van der Waals surface area contributed by atoms with Gasteiger partial charge in [-0.1, -0.05) is 24.3 Å². The highest BCUT2D eigenvalue weighted by Crippen LogP contribution is 2.22. The minimum absolute atomic E-state index is 0.216. The van der Waals surface area contributed by atoms with Gasteiger partial charge >= 0.3 is 5.97 Å².